The van der Waals surface area contributed by atoms with Gasteiger partial charge in [-0.2, -0.15) is 0 Å². The quantitative estimate of drug-likeness (QED) is 0.714. The van der Waals surface area contributed by atoms with E-state index in [4.69, 9.17) is 27.9 Å². The van der Waals surface area contributed by atoms with Crippen molar-refractivity contribution in [2.24, 2.45) is 0 Å². The number of benzene rings is 2. The topological polar surface area (TPSA) is 75.7 Å². The molecule has 0 unspecified atom stereocenters. The first-order chi connectivity index (χ1) is 12.6. The number of rotatable bonds is 7. The number of halogens is 2. The van der Waals surface area contributed by atoms with Crippen LogP contribution in [0.15, 0.2) is 42.5 Å². The second kappa shape index (κ2) is 8.82. The maximum absolute atomic E-state index is 12.6. The first kappa shape index (κ1) is 21.3. The fourth-order valence-electron chi connectivity index (χ4n) is 2.52. The van der Waals surface area contributed by atoms with Gasteiger partial charge in [0.1, 0.15) is 11.8 Å². The first-order valence-electron chi connectivity index (χ1n) is 8.11. The van der Waals surface area contributed by atoms with Crippen LogP contribution in [0.25, 0.3) is 0 Å². The van der Waals surface area contributed by atoms with E-state index in [1.54, 1.807) is 24.3 Å². The van der Waals surface area contributed by atoms with E-state index in [2.05, 4.69) is 5.32 Å². The number of anilines is 2. The molecule has 1 atom stereocenters. The summed E-state index contributed by atoms with van der Waals surface area (Å²) in [7, 11) is -3.77. The van der Waals surface area contributed by atoms with Gasteiger partial charge in [-0.3, -0.25) is 9.10 Å². The van der Waals surface area contributed by atoms with Crippen LogP contribution in [0.5, 0.6) is 5.75 Å². The lowest BCUT2D eigenvalue weighted by atomic mass is 10.2. The average molecular weight is 431 g/mol. The molecule has 1 amide bonds. The molecule has 0 bridgehead atoms. The van der Waals surface area contributed by atoms with Crippen LogP contribution in [0.3, 0.4) is 0 Å². The molecule has 0 aromatic heterocycles. The molecule has 27 heavy (non-hydrogen) atoms. The number of amides is 1. The van der Waals surface area contributed by atoms with Crippen LogP contribution in [0.4, 0.5) is 11.4 Å². The Morgan fingerprint density at radius 1 is 1.15 bits per heavy atom. The predicted molar refractivity (Wildman–Crippen MR) is 109 cm³/mol. The highest BCUT2D eigenvalue weighted by Crippen LogP contribution is 2.29. The Balaban J connectivity index is 2.26. The van der Waals surface area contributed by atoms with Crippen LogP contribution < -0.4 is 14.4 Å². The SMILES string of the molecule is CCOc1ccc(NC(=O)[C@H](C)N(c2cc(Cl)cc(Cl)c2)S(C)(=O)=O)cc1. The van der Waals surface area contributed by atoms with E-state index in [1.807, 2.05) is 6.92 Å². The van der Waals surface area contributed by atoms with Crippen molar-refractivity contribution in [3.63, 3.8) is 0 Å². The number of hydrogen-bond acceptors (Lipinski definition) is 4. The summed E-state index contributed by atoms with van der Waals surface area (Å²) in [5.74, 6) is 0.176. The summed E-state index contributed by atoms with van der Waals surface area (Å²) in [5.41, 5.74) is 0.734. The molecule has 0 aliphatic heterocycles. The number of nitrogens with one attached hydrogen (secondary N) is 1. The van der Waals surface area contributed by atoms with Crippen molar-refractivity contribution in [3.05, 3.63) is 52.5 Å². The third-order valence-corrected chi connectivity index (χ3v) is 5.30. The lowest BCUT2D eigenvalue weighted by Crippen LogP contribution is -2.45. The molecule has 1 N–H and O–H groups in total. The van der Waals surface area contributed by atoms with Crippen LogP contribution in [0.2, 0.25) is 10.0 Å². The number of carbonyl (C=O) groups excluding carboxylic acids is 1. The standard InChI is InChI=1S/C18H20Cl2N2O4S/c1-4-26-17-7-5-15(6-8-17)21-18(23)12(2)22(27(3,24)25)16-10-13(19)9-14(20)11-16/h5-12H,4H2,1-3H3,(H,21,23)/t12-/m0/s1. The summed E-state index contributed by atoms with van der Waals surface area (Å²) in [6.07, 6.45) is 1.02. The lowest BCUT2D eigenvalue weighted by Gasteiger charge is -2.28. The molecule has 2 aromatic carbocycles. The van der Waals surface area contributed by atoms with Crippen LogP contribution >= 0.6 is 23.2 Å². The second-order valence-corrected chi connectivity index (χ2v) is 8.54. The molecule has 9 heteroatoms. The van der Waals surface area contributed by atoms with Gasteiger partial charge in [0.05, 0.1) is 18.6 Å². The Labute approximate surface area is 169 Å². The van der Waals surface area contributed by atoms with Gasteiger partial charge in [0.25, 0.3) is 0 Å². The normalized spacial score (nSPS) is 12.3. The molecular weight excluding hydrogens is 411 g/mol. The van der Waals surface area contributed by atoms with E-state index in [-0.39, 0.29) is 15.7 Å². The summed E-state index contributed by atoms with van der Waals surface area (Å²) in [5, 5.41) is 3.23. The van der Waals surface area contributed by atoms with Crippen molar-refractivity contribution in [2.75, 3.05) is 22.5 Å². The molecule has 146 valence electrons. The van der Waals surface area contributed by atoms with Crippen LogP contribution in [0, 0.1) is 0 Å². The minimum Gasteiger partial charge on any atom is -0.494 e. The third-order valence-electron chi connectivity index (χ3n) is 3.62. The van der Waals surface area contributed by atoms with E-state index in [9.17, 15) is 13.2 Å². The molecular formula is C18H20Cl2N2O4S. The van der Waals surface area contributed by atoms with Crippen molar-refractivity contribution in [1.82, 2.24) is 0 Å². The largest absolute Gasteiger partial charge is 0.494 e. The van der Waals surface area contributed by atoms with Crippen molar-refractivity contribution in [1.29, 1.82) is 0 Å². The zero-order valence-corrected chi connectivity index (χ0v) is 17.4. The molecule has 0 saturated heterocycles. The van der Waals surface area contributed by atoms with E-state index >= 15 is 0 Å². The maximum atomic E-state index is 12.6. The highest BCUT2D eigenvalue weighted by molar-refractivity contribution is 7.92. The number of carbonyl (C=O) groups is 1. The van der Waals surface area contributed by atoms with E-state index < -0.39 is 22.0 Å². The smallest absolute Gasteiger partial charge is 0.247 e. The van der Waals surface area contributed by atoms with Gasteiger partial charge in [-0.1, -0.05) is 23.2 Å². The van der Waals surface area contributed by atoms with Gasteiger partial charge >= 0.3 is 0 Å². The van der Waals surface area contributed by atoms with E-state index in [1.165, 1.54) is 25.1 Å². The molecule has 6 nitrogen and oxygen atoms in total. The Morgan fingerprint density at radius 3 is 2.19 bits per heavy atom. The fourth-order valence-corrected chi connectivity index (χ4v) is 4.20. The van der Waals surface area contributed by atoms with Crippen molar-refractivity contribution < 1.29 is 17.9 Å². The summed E-state index contributed by atoms with van der Waals surface area (Å²) >= 11 is 12.0. The second-order valence-electron chi connectivity index (χ2n) is 5.81. The summed E-state index contributed by atoms with van der Waals surface area (Å²) < 4.78 is 31.0. The third kappa shape index (κ3) is 5.76. The van der Waals surface area contributed by atoms with Gasteiger partial charge in [0.2, 0.25) is 15.9 Å². The van der Waals surface area contributed by atoms with Crippen LogP contribution in [0.1, 0.15) is 13.8 Å². The molecule has 0 saturated carbocycles. The van der Waals surface area contributed by atoms with Gasteiger partial charge in [-0.15, -0.1) is 0 Å². The zero-order chi connectivity index (χ0) is 20.2. The Hall–Kier alpha value is -1.96. The summed E-state index contributed by atoms with van der Waals surface area (Å²) in [4.78, 5) is 12.6. The average Bonchev–Trinajstić information content (AvgIpc) is 2.54. The Bertz CT molecular complexity index is 897. The molecule has 0 heterocycles. The van der Waals surface area contributed by atoms with Gasteiger partial charge in [-0.25, -0.2) is 8.42 Å². The molecule has 0 radical (unpaired) electrons. The van der Waals surface area contributed by atoms with Gasteiger partial charge in [0, 0.05) is 15.7 Å². The molecule has 0 spiro atoms. The number of sulfonamides is 1. The monoisotopic (exact) mass is 430 g/mol. The van der Waals surface area contributed by atoms with Crippen molar-refractivity contribution in [3.8, 4) is 5.75 Å². The lowest BCUT2D eigenvalue weighted by molar-refractivity contribution is -0.116. The first-order valence-corrected chi connectivity index (χ1v) is 10.7. The van der Waals surface area contributed by atoms with Gasteiger partial charge < -0.3 is 10.1 Å². The minimum atomic E-state index is -3.77. The fraction of sp³-hybridized carbons (Fsp3) is 0.278. The van der Waals surface area contributed by atoms with Gasteiger partial charge in [0.15, 0.2) is 0 Å². The summed E-state index contributed by atoms with van der Waals surface area (Å²) in [6, 6.07) is 10.1. The number of nitrogens with zero attached hydrogens (tertiary/aromatic N) is 1. The Kier molecular flexibility index (Phi) is 6.97. The van der Waals surface area contributed by atoms with Crippen LogP contribution in [-0.4, -0.2) is 33.2 Å². The molecule has 2 aromatic rings. The van der Waals surface area contributed by atoms with Crippen molar-refractivity contribution in [2.45, 2.75) is 19.9 Å². The Morgan fingerprint density at radius 2 is 1.70 bits per heavy atom. The number of hydrogen-bond donors (Lipinski definition) is 1. The van der Waals surface area contributed by atoms with Crippen molar-refractivity contribution >= 4 is 50.5 Å². The zero-order valence-electron chi connectivity index (χ0n) is 15.1. The number of ether oxygens (including phenoxy) is 1. The molecule has 0 aliphatic carbocycles. The van der Waals surface area contributed by atoms with E-state index in [0.717, 1.165) is 10.6 Å². The highest BCUT2D eigenvalue weighted by atomic mass is 35.5. The minimum absolute atomic E-state index is 0.212. The maximum Gasteiger partial charge on any atom is 0.247 e. The highest BCUT2D eigenvalue weighted by Gasteiger charge is 2.29. The predicted octanol–water partition coefficient (Wildman–Crippen LogP) is 4.19. The van der Waals surface area contributed by atoms with Crippen LogP contribution in [-0.2, 0) is 14.8 Å². The van der Waals surface area contributed by atoms with Gasteiger partial charge in [-0.05, 0) is 56.3 Å². The molecule has 0 fully saturated rings. The summed E-state index contributed by atoms with van der Waals surface area (Å²) in [6.45, 7) is 3.90. The molecule has 0 aliphatic rings. The van der Waals surface area contributed by atoms with E-state index in [0.29, 0.717) is 18.0 Å². The molecule has 2 rings (SSSR count).